The second-order valence-electron chi connectivity index (χ2n) is 5.14. The van der Waals surface area contributed by atoms with Crippen molar-refractivity contribution >= 4 is 28.2 Å². The smallest absolute Gasteiger partial charge is 0.161 e. The van der Waals surface area contributed by atoms with Gasteiger partial charge in [-0.05, 0) is 42.8 Å². The average Bonchev–Trinajstić information content (AvgIpc) is 2.88. The first-order valence-electron chi connectivity index (χ1n) is 6.84. The van der Waals surface area contributed by atoms with E-state index in [1.165, 1.54) is 12.1 Å². The van der Waals surface area contributed by atoms with Crippen molar-refractivity contribution in [3.05, 3.63) is 65.2 Å². The normalized spacial score (nSPS) is 11.4. The monoisotopic (exact) mass is 311 g/mol. The minimum absolute atomic E-state index is 0.286. The third-order valence-corrected chi connectivity index (χ3v) is 4.11. The molecule has 4 rings (SSSR count). The fourth-order valence-electron chi connectivity index (χ4n) is 2.80. The predicted octanol–water partition coefficient (Wildman–Crippen LogP) is 4.65. The first kappa shape index (κ1) is 13.2. The molecular weight excluding hydrogens is 301 g/mol. The zero-order valence-corrected chi connectivity index (χ0v) is 12.5. The van der Waals surface area contributed by atoms with Gasteiger partial charge < -0.3 is 0 Å². The van der Waals surface area contributed by atoms with Crippen LogP contribution in [0.5, 0.6) is 0 Å². The van der Waals surface area contributed by atoms with Crippen LogP contribution < -0.4 is 0 Å². The lowest BCUT2D eigenvalue weighted by molar-refractivity contribution is 0.629. The molecule has 22 heavy (non-hydrogen) atoms. The zero-order valence-electron chi connectivity index (χ0n) is 11.7. The molecule has 2 aromatic carbocycles. The van der Waals surface area contributed by atoms with Crippen LogP contribution in [0.1, 0.15) is 5.82 Å². The van der Waals surface area contributed by atoms with Gasteiger partial charge in [-0.15, -0.1) is 10.2 Å². The van der Waals surface area contributed by atoms with E-state index < -0.39 is 0 Å². The van der Waals surface area contributed by atoms with E-state index >= 15 is 0 Å². The molecule has 0 amide bonds. The highest BCUT2D eigenvalue weighted by atomic mass is 35.5. The molecule has 4 aromatic rings. The average molecular weight is 312 g/mol. The van der Waals surface area contributed by atoms with E-state index in [0.717, 1.165) is 27.9 Å². The topological polar surface area (TPSA) is 30.2 Å². The number of aromatic nitrogens is 3. The van der Waals surface area contributed by atoms with Crippen molar-refractivity contribution in [2.45, 2.75) is 6.92 Å². The molecule has 0 atom stereocenters. The predicted molar refractivity (Wildman–Crippen MR) is 85.6 cm³/mol. The highest BCUT2D eigenvalue weighted by Crippen LogP contribution is 2.35. The van der Waals surface area contributed by atoms with E-state index in [1.54, 1.807) is 6.07 Å². The van der Waals surface area contributed by atoms with Crippen LogP contribution >= 0.6 is 11.6 Å². The molecule has 0 fully saturated rings. The molecule has 0 unspecified atom stereocenters. The summed E-state index contributed by atoms with van der Waals surface area (Å²) >= 11 is 6.32. The molecule has 0 spiro atoms. The Hall–Kier alpha value is -2.46. The van der Waals surface area contributed by atoms with E-state index in [1.807, 2.05) is 41.7 Å². The number of halogens is 2. The minimum atomic E-state index is -0.286. The third-order valence-electron chi connectivity index (χ3n) is 3.78. The van der Waals surface area contributed by atoms with Crippen molar-refractivity contribution in [2.24, 2.45) is 0 Å². The van der Waals surface area contributed by atoms with E-state index in [0.29, 0.717) is 10.7 Å². The van der Waals surface area contributed by atoms with Gasteiger partial charge in [0.15, 0.2) is 5.65 Å². The molecule has 5 heteroatoms. The van der Waals surface area contributed by atoms with Gasteiger partial charge in [-0.2, -0.15) is 0 Å². The number of hydrogen-bond donors (Lipinski definition) is 0. The number of hydrogen-bond acceptors (Lipinski definition) is 2. The van der Waals surface area contributed by atoms with Gasteiger partial charge >= 0.3 is 0 Å². The zero-order chi connectivity index (χ0) is 15.3. The Morgan fingerprint density at radius 2 is 1.82 bits per heavy atom. The van der Waals surface area contributed by atoms with Gasteiger partial charge in [-0.25, -0.2) is 4.39 Å². The molecule has 0 aliphatic carbocycles. The van der Waals surface area contributed by atoms with Crippen LogP contribution in [0.4, 0.5) is 4.39 Å². The van der Waals surface area contributed by atoms with Crippen LogP contribution in [0.15, 0.2) is 48.5 Å². The van der Waals surface area contributed by atoms with Crippen molar-refractivity contribution < 1.29 is 4.39 Å². The number of rotatable bonds is 1. The lowest BCUT2D eigenvalue weighted by Gasteiger charge is -2.11. The Morgan fingerprint density at radius 3 is 2.64 bits per heavy atom. The van der Waals surface area contributed by atoms with E-state index in [9.17, 15) is 4.39 Å². The standard InChI is InChI=1S/C17H11ClFN3/c1-10-20-21-17-9-13(12-4-2-3-5-15(12)18)14-8-11(19)6-7-16(14)22(10)17/h2-9H,1H3. The highest BCUT2D eigenvalue weighted by Gasteiger charge is 2.14. The van der Waals surface area contributed by atoms with Crippen LogP contribution in [0.2, 0.25) is 5.02 Å². The lowest BCUT2D eigenvalue weighted by atomic mass is 10.0. The second kappa shape index (κ2) is 4.78. The van der Waals surface area contributed by atoms with Gasteiger partial charge in [0.05, 0.1) is 5.52 Å². The largest absolute Gasteiger partial charge is 0.279 e. The maximum Gasteiger partial charge on any atom is 0.161 e. The summed E-state index contributed by atoms with van der Waals surface area (Å²) in [7, 11) is 0. The van der Waals surface area contributed by atoms with E-state index in [2.05, 4.69) is 10.2 Å². The van der Waals surface area contributed by atoms with Crippen molar-refractivity contribution in [1.29, 1.82) is 0 Å². The summed E-state index contributed by atoms with van der Waals surface area (Å²) in [6.45, 7) is 1.87. The molecule has 3 nitrogen and oxygen atoms in total. The summed E-state index contributed by atoms with van der Waals surface area (Å²) < 4.78 is 15.7. The van der Waals surface area contributed by atoms with Crippen molar-refractivity contribution in [2.75, 3.05) is 0 Å². The SMILES string of the molecule is Cc1nnc2cc(-c3ccccc3Cl)c3cc(F)ccc3n12. The molecule has 0 saturated carbocycles. The number of pyridine rings is 1. The lowest BCUT2D eigenvalue weighted by Crippen LogP contribution is -1.94. The molecule has 0 aliphatic rings. The molecule has 0 N–H and O–H groups in total. The van der Waals surface area contributed by atoms with E-state index in [-0.39, 0.29) is 5.82 Å². The Kier molecular flexibility index (Phi) is 2.87. The van der Waals surface area contributed by atoms with Crippen molar-refractivity contribution in [3.63, 3.8) is 0 Å². The summed E-state index contributed by atoms with van der Waals surface area (Å²) in [6, 6.07) is 14.1. The Labute approximate surface area is 131 Å². The first-order chi connectivity index (χ1) is 10.6. The summed E-state index contributed by atoms with van der Waals surface area (Å²) in [6.07, 6.45) is 0. The molecular formula is C17H11ClFN3. The molecule has 2 heterocycles. The second-order valence-corrected chi connectivity index (χ2v) is 5.55. The molecule has 0 radical (unpaired) electrons. The summed E-state index contributed by atoms with van der Waals surface area (Å²) in [5.74, 6) is 0.475. The Bertz CT molecular complexity index is 1020. The Balaban J connectivity index is 2.21. The molecule has 0 saturated heterocycles. The maximum atomic E-state index is 13.8. The van der Waals surface area contributed by atoms with Gasteiger partial charge in [0.1, 0.15) is 11.6 Å². The van der Waals surface area contributed by atoms with Crippen LogP contribution in [0, 0.1) is 12.7 Å². The summed E-state index contributed by atoms with van der Waals surface area (Å²) in [4.78, 5) is 0. The van der Waals surface area contributed by atoms with Gasteiger partial charge in [0.25, 0.3) is 0 Å². The van der Waals surface area contributed by atoms with Crippen LogP contribution in [-0.2, 0) is 0 Å². The van der Waals surface area contributed by atoms with Gasteiger partial charge in [0, 0.05) is 16.0 Å². The quantitative estimate of drug-likeness (QED) is 0.512. The van der Waals surface area contributed by atoms with Gasteiger partial charge in [0.2, 0.25) is 0 Å². The minimum Gasteiger partial charge on any atom is -0.279 e. The highest BCUT2D eigenvalue weighted by molar-refractivity contribution is 6.33. The van der Waals surface area contributed by atoms with Crippen molar-refractivity contribution in [1.82, 2.24) is 14.6 Å². The van der Waals surface area contributed by atoms with Gasteiger partial charge in [-0.3, -0.25) is 4.40 Å². The van der Waals surface area contributed by atoms with Crippen LogP contribution in [0.25, 0.3) is 27.7 Å². The molecule has 2 aromatic heterocycles. The fourth-order valence-corrected chi connectivity index (χ4v) is 3.04. The van der Waals surface area contributed by atoms with Crippen molar-refractivity contribution in [3.8, 4) is 11.1 Å². The summed E-state index contributed by atoms with van der Waals surface area (Å²) in [5.41, 5.74) is 3.27. The molecule has 0 aliphatic heterocycles. The Morgan fingerprint density at radius 1 is 1.00 bits per heavy atom. The number of nitrogens with zero attached hydrogens (tertiary/aromatic N) is 3. The number of aryl methyl sites for hydroxylation is 1. The van der Waals surface area contributed by atoms with Crippen LogP contribution in [0.3, 0.4) is 0 Å². The van der Waals surface area contributed by atoms with Gasteiger partial charge in [-0.1, -0.05) is 29.8 Å². The third kappa shape index (κ3) is 1.88. The summed E-state index contributed by atoms with van der Waals surface area (Å²) in [5, 5.41) is 9.69. The van der Waals surface area contributed by atoms with Crippen LogP contribution in [-0.4, -0.2) is 14.6 Å². The number of fused-ring (bicyclic) bond motifs is 3. The van der Waals surface area contributed by atoms with E-state index in [4.69, 9.17) is 11.6 Å². The maximum absolute atomic E-state index is 13.8. The molecule has 0 bridgehead atoms. The fraction of sp³-hybridized carbons (Fsp3) is 0.0588. The molecule has 108 valence electrons. The first-order valence-corrected chi connectivity index (χ1v) is 7.22. The number of benzene rings is 2.